The molecular weight excluding hydrogens is 250 g/mol. The van der Waals surface area contributed by atoms with E-state index in [-0.39, 0.29) is 13.0 Å². The van der Waals surface area contributed by atoms with Crippen molar-refractivity contribution >= 4 is 12.1 Å². The van der Waals surface area contributed by atoms with E-state index >= 15 is 0 Å². The molecule has 0 heterocycles. The smallest absolute Gasteiger partial charge is 0.407 e. The largest absolute Gasteiger partial charge is 0.481 e. The number of hydrogen-bond acceptors (Lipinski definition) is 4. The molecule has 0 saturated carbocycles. The Morgan fingerprint density at radius 3 is 2.47 bits per heavy atom. The minimum Gasteiger partial charge on any atom is -0.481 e. The second kappa shape index (κ2) is 7.38. The van der Waals surface area contributed by atoms with Gasteiger partial charge in [0.2, 0.25) is 0 Å². The molecule has 0 radical (unpaired) electrons. The molecule has 0 aliphatic rings. The summed E-state index contributed by atoms with van der Waals surface area (Å²) in [5.74, 6) is -1.10. The maximum atomic E-state index is 11.5. The number of rotatable bonds is 6. The van der Waals surface area contributed by atoms with E-state index in [1.54, 1.807) is 12.1 Å². The predicted octanol–water partition coefficient (Wildman–Crippen LogP) is 1.14. The van der Waals surface area contributed by atoms with Crippen LogP contribution in [-0.2, 0) is 16.1 Å². The number of aliphatic hydroxyl groups excluding tert-OH is 1. The van der Waals surface area contributed by atoms with Crippen molar-refractivity contribution in [1.82, 2.24) is 5.32 Å². The van der Waals surface area contributed by atoms with E-state index in [2.05, 4.69) is 5.32 Å². The molecule has 2 atom stereocenters. The van der Waals surface area contributed by atoms with Crippen molar-refractivity contribution < 1.29 is 24.5 Å². The number of alkyl carbamates (subject to hydrolysis) is 1. The molecule has 0 aliphatic heterocycles. The van der Waals surface area contributed by atoms with Crippen molar-refractivity contribution in [3.8, 4) is 0 Å². The maximum Gasteiger partial charge on any atom is 0.407 e. The Morgan fingerprint density at radius 2 is 1.95 bits per heavy atom. The summed E-state index contributed by atoms with van der Waals surface area (Å²) in [5.41, 5.74) is 0.824. The number of ether oxygens (including phenoxy) is 1. The number of carbonyl (C=O) groups is 2. The van der Waals surface area contributed by atoms with Gasteiger partial charge in [-0.15, -0.1) is 0 Å². The van der Waals surface area contributed by atoms with Crippen LogP contribution in [-0.4, -0.2) is 34.4 Å². The van der Waals surface area contributed by atoms with Gasteiger partial charge < -0.3 is 20.3 Å². The van der Waals surface area contributed by atoms with Crippen LogP contribution in [0.3, 0.4) is 0 Å². The van der Waals surface area contributed by atoms with E-state index in [0.717, 1.165) is 5.56 Å². The summed E-state index contributed by atoms with van der Waals surface area (Å²) in [6.45, 7) is 1.50. The summed E-state index contributed by atoms with van der Waals surface area (Å²) in [5, 5.41) is 20.3. The summed E-state index contributed by atoms with van der Waals surface area (Å²) in [6.07, 6.45) is -2.09. The number of hydrogen-bond donors (Lipinski definition) is 3. The number of aliphatic hydroxyl groups is 1. The fourth-order valence-corrected chi connectivity index (χ4v) is 1.45. The van der Waals surface area contributed by atoms with Gasteiger partial charge in [-0.3, -0.25) is 4.79 Å². The third-order valence-corrected chi connectivity index (χ3v) is 2.49. The highest BCUT2D eigenvalue weighted by atomic mass is 16.5. The molecule has 19 heavy (non-hydrogen) atoms. The average molecular weight is 267 g/mol. The number of aliphatic carboxylic acids is 1. The monoisotopic (exact) mass is 267 g/mol. The molecule has 1 aromatic carbocycles. The van der Waals surface area contributed by atoms with Crippen LogP contribution >= 0.6 is 0 Å². The lowest BCUT2D eigenvalue weighted by Crippen LogP contribution is -2.43. The summed E-state index contributed by atoms with van der Waals surface area (Å²) in [4.78, 5) is 22.0. The van der Waals surface area contributed by atoms with Gasteiger partial charge in [0, 0.05) is 0 Å². The number of carbonyl (C=O) groups excluding carboxylic acids is 1. The topological polar surface area (TPSA) is 95.9 Å². The molecule has 1 amide bonds. The van der Waals surface area contributed by atoms with Crippen LogP contribution in [0.4, 0.5) is 4.79 Å². The van der Waals surface area contributed by atoms with Gasteiger partial charge in [0.1, 0.15) is 6.61 Å². The number of amides is 1. The average Bonchev–Trinajstić information content (AvgIpc) is 2.36. The number of carboxylic acid groups (broad SMARTS) is 1. The number of nitrogens with one attached hydrogen (secondary N) is 1. The van der Waals surface area contributed by atoms with Gasteiger partial charge in [-0.25, -0.2) is 4.79 Å². The van der Waals surface area contributed by atoms with Crippen LogP contribution in [0.25, 0.3) is 0 Å². The first-order valence-corrected chi connectivity index (χ1v) is 5.86. The highest BCUT2D eigenvalue weighted by Gasteiger charge is 2.21. The van der Waals surface area contributed by atoms with Crippen LogP contribution in [0.5, 0.6) is 0 Å². The fraction of sp³-hybridized carbons (Fsp3) is 0.385. The normalized spacial score (nSPS) is 13.4. The standard InChI is InChI=1S/C13H17NO5/c1-9(15)11(7-12(16)17)14-13(18)19-8-10-5-3-2-4-6-10/h2-6,9,11,15H,7-8H2,1H3,(H,14,18)(H,16,17)/t9?,11-/m1/s1. The van der Waals surface area contributed by atoms with E-state index in [1.165, 1.54) is 6.92 Å². The van der Waals surface area contributed by atoms with Gasteiger partial charge in [-0.2, -0.15) is 0 Å². The second-order valence-electron chi connectivity index (χ2n) is 4.15. The molecule has 0 aromatic heterocycles. The summed E-state index contributed by atoms with van der Waals surface area (Å²) < 4.78 is 4.94. The van der Waals surface area contributed by atoms with Crippen molar-refractivity contribution in [2.75, 3.05) is 0 Å². The first-order chi connectivity index (χ1) is 8.99. The Balaban J connectivity index is 2.42. The molecule has 1 rings (SSSR count). The predicted molar refractivity (Wildman–Crippen MR) is 67.5 cm³/mol. The minimum atomic E-state index is -1.10. The van der Waals surface area contributed by atoms with Gasteiger partial charge in [-0.05, 0) is 12.5 Å². The Kier molecular flexibility index (Phi) is 5.81. The first kappa shape index (κ1) is 15.0. The van der Waals surface area contributed by atoms with Crippen molar-refractivity contribution in [2.45, 2.75) is 32.1 Å². The number of carboxylic acids is 1. The van der Waals surface area contributed by atoms with Gasteiger partial charge in [-0.1, -0.05) is 30.3 Å². The molecular formula is C13H17NO5. The van der Waals surface area contributed by atoms with E-state index in [9.17, 15) is 14.7 Å². The summed E-state index contributed by atoms with van der Waals surface area (Å²) >= 11 is 0. The molecule has 0 fully saturated rings. The Hall–Kier alpha value is -2.08. The molecule has 0 aliphatic carbocycles. The molecule has 6 heteroatoms. The van der Waals surface area contributed by atoms with Crippen molar-refractivity contribution in [1.29, 1.82) is 0 Å². The zero-order valence-corrected chi connectivity index (χ0v) is 10.6. The highest BCUT2D eigenvalue weighted by molar-refractivity contribution is 5.71. The molecule has 1 aromatic rings. The van der Waals surface area contributed by atoms with E-state index < -0.39 is 24.2 Å². The van der Waals surface area contributed by atoms with Gasteiger partial charge in [0.25, 0.3) is 0 Å². The third-order valence-electron chi connectivity index (χ3n) is 2.49. The third kappa shape index (κ3) is 5.87. The highest BCUT2D eigenvalue weighted by Crippen LogP contribution is 2.03. The second-order valence-corrected chi connectivity index (χ2v) is 4.15. The SMILES string of the molecule is CC(O)[C@@H](CC(=O)O)NC(=O)OCc1ccccc1. The molecule has 3 N–H and O–H groups in total. The van der Waals surface area contributed by atoms with E-state index in [4.69, 9.17) is 9.84 Å². The lowest BCUT2D eigenvalue weighted by molar-refractivity contribution is -0.138. The van der Waals surface area contributed by atoms with Crippen LogP contribution in [0, 0.1) is 0 Å². The summed E-state index contributed by atoms with van der Waals surface area (Å²) in [7, 11) is 0. The van der Waals surface area contributed by atoms with Gasteiger partial charge >= 0.3 is 12.1 Å². The Labute approximate surface area is 111 Å². The Bertz CT molecular complexity index is 418. The first-order valence-electron chi connectivity index (χ1n) is 5.86. The van der Waals surface area contributed by atoms with E-state index in [1.807, 2.05) is 18.2 Å². The zero-order valence-electron chi connectivity index (χ0n) is 10.6. The number of benzene rings is 1. The van der Waals surface area contributed by atoms with Gasteiger partial charge in [0.05, 0.1) is 18.6 Å². The Morgan fingerprint density at radius 1 is 1.32 bits per heavy atom. The quantitative estimate of drug-likeness (QED) is 0.718. The summed E-state index contributed by atoms with van der Waals surface area (Å²) in [6, 6.07) is 8.22. The molecule has 104 valence electrons. The van der Waals surface area contributed by atoms with Gasteiger partial charge in [0.15, 0.2) is 0 Å². The van der Waals surface area contributed by atoms with Crippen molar-refractivity contribution in [2.24, 2.45) is 0 Å². The molecule has 0 saturated heterocycles. The lowest BCUT2D eigenvalue weighted by Gasteiger charge is -2.19. The maximum absolute atomic E-state index is 11.5. The van der Waals surface area contributed by atoms with Crippen molar-refractivity contribution in [3.05, 3.63) is 35.9 Å². The van der Waals surface area contributed by atoms with Crippen LogP contribution in [0.2, 0.25) is 0 Å². The fourth-order valence-electron chi connectivity index (χ4n) is 1.45. The zero-order chi connectivity index (χ0) is 14.3. The van der Waals surface area contributed by atoms with Crippen LogP contribution in [0.15, 0.2) is 30.3 Å². The van der Waals surface area contributed by atoms with E-state index in [0.29, 0.717) is 0 Å². The van der Waals surface area contributed by atoms with Crippen LogP contribution in [0.1, 0.15) is 18.9 Å². The lowest BCUT2D eigenvalue weighted by atomic mass is 10.1. The van der Waals surface area contributed by atoms with Crippen molar-refractivity contribution in [3.63, 3.8) is 0 Å². The molecule has 1 unspecified atom stereocenters. The van der Waals surface area contributed by atoms with Crippen LogP contribution < -0.4 is 5.32 Å². The molecule has 6 nitrogen and oxygen atoms in total. The minimum absolute atomic E-state index is 0.0896. The molecule has 0 spiro atoms. The molecule has 0 bridgehead atoms.